The average Bonchev–Trinajstić information content (AvgIpc) is 2.83. The Bertz CT molecular complexity index is 1330. The van der Waals surface area contributed by atoms with Gasteiger partial charge in [0.25, 0.3) is 0 Å². The molecule has 1 aliphatic rings. The second-order valence-corrected chi connectivity index (χ2v) is 11.8. The molecule has 0 radical (unpaired) electrons. The van der Waals surface area contributed by atoms with Gasteiger partial charge in [-0.1, -0.05) is 13.5 Å². The molecule has 2 rings (SSSR count). The van der Waals surface area contributed by atoms with Crippen LogP contribution in [0.4, 0.5) is 52.2 Å². The second-order valence-electron chi connectivity index (χ2n) is 9.08. The highest BCUT2D eigenvalue weighted by molar-refractivity contribution is 8.18. The molecule has 0 fully saturated rings. The van der Waals surface area contributed by atoms with E-state index in [4.69, 9.17) is 5.84 Å². The summed E-state index contributed by atoms with van der Waals surface area (Å²) in [5.41, 5.74) is -5.58. The van der Waals surface area contributed by atoms with E-state index in [0.29, 0.717) is 30.5 Å². The minimum absolute atomic E-state index is 0.0226. The lowest BCUT2D eigenvalue weighted by Crippen LogP contribution is -2.43. The van der Waals surface area contributed by atoms with Gasteiger partial charge < -0.3 is 10.7 Å². The molecule has 0 amide bonds. The predicted octanol–water partition coefficient (Wildman–Crippen LogP) is 6.60. The summed E-state index contributed by atoms with van der Waals surface area (Å²) in [6.45, 7) is 8.99. The molecule has 1 heterocycles. The number of hydrogen-bond acceptors (Lipinski definition) is 9. The molecular formula is C22H26F8N6O3S2. The molecule has 0 saturated carbocycles. The lowest BCUT2D eigenvalue weighted by molar-refractivity contribution is -0.281. The molecule has 0 spiro atoms. The van der Waals surface area contributed by atoms with Crippen molar-refractivity contribution in [1.29, 1.82) is 0 Å². The number of nitrogens with zero attached hydrogens (tertiary/aromatic N) is 4. The molecule has 1 atom stereocenters. The number of Topliss-reactive ketones (excluding diaryl/α,β-unsaturated/α-hetero) is 1. The third-order valence-electron chi connectivity index (χ3n) is 5.83. The molecular weight excluding hydrogens is 612 g/mol. The first kappa shape index (κ1) is 34.2. The minimum Gasteiger partial charge on any atom is -0.366 e. The van der Waals surface area contributed by atoms with Gasteiger partial charge in [-0.3, -0.25) is 9.52 Å². The molecule has 9 nitrogen and oxygen atoms in total. The van der Waals surface area contributed by atoms with Gasteiger partial charge in [0.15, 0.2) is 10.8 Å². The van der Waals surface area contributed by atoms with Crippen LogP contribution >= 0.6 is 11.8 Å². The Kier molecular flexibility index (Phi) is 10.4. The summed E-state index contributed by atoms with van der Waals surface area (Å²) >= 11 is 0.0760. The number of benzene rings is 1. The summed E-state index contributed by atoms with van der Waals surface area (Å²) in [5.74, 6) is -2.22. The summed E-state index contributed by atoms with van der Waals surface area (Å²) in [6.07, 6.45) is -6.47. The maximum Gasteiger partial charge on any atom is 0.516 e. The third kappa shape index (κ3) is 8.08. The largest absolute Gasteiger partial charge is 0.516 e. The molecule has 0 aromatic heterocycles. The van der Waals surface area contributed by atoms with Gasteiger partial charge in [0, 0.05) is 17.8 Å². The number of alkyl halides is 8. The highest BCUT2D eigenvalue weighted by Crippen LogP contribution is 2.42. The van der Waals surface area contributed by atoms with Crippen molar-refractivity contribution in [2.24, 2.45) is 21.2 Å². The Labute approximate surface area is 234 Å². The number of anilines is 2. The van der Waals surface area contributed by atoms with E-state index in [2.05, 4.69) is 21.9 Å². The van der Waals surface area contributed by atoms with Crippen molar-refractivity contribution in [3.8, 4) is 0 Å². The summed E-state index contributed by atoms with van der Waals surface area (Å²) in [5, 5.41) is 8.59. The number of carbonyl (C=O) groups excluding carboxylic acids is 1. The molecule has 0 bridgehead atoms. The van der Waals surface area contributed by atoms with Gasteiger partial charge in [-0.05, 0) is 62.6 Å². The average molecular weight is 639 g/mol. The fraction of sp³-hybridized carbons (Fsp3) is 0.545. The zero-order valence-electron chi connectivity index (χ0n) is 21.8. The number of rotatable bonds is 10. The molecule has 3 N–H and O–H groups in total. The maximum atomic E-state index is 13.3. The standard InChI is InChI=1S/C22H26F8N6O3S2/c1-5-14-7-6-13-8-15(16(9-17(13)36(14)11(2)3)35-41(38,39)22(28,29)30)34-33-12(4)40-19(32-31)18(37)10-20(23,24)21(25,26)27/h8-9,11,14,35H,4-7,10,31H2,1-3H3/b32-19-,34-33?. The molecule has 41 heavy (non-hydrogen) atoms. The zero-order chi connectivity index (χ0) is 31.6. The Balaban J connectivity index is 2.45. The Morgan fingerprint density at radius 3 is 2.29 bits per heavy atom. The van der Waals surface area contributed by atoms with Gasteiger partial charge in [0.1, 0.15) is 10.7 Å². The Morgan fingerprint density at radius 2 is 1.80 bits per heavy atom. The van der Waals surface area contributed by atoms with Crippen LogP contribution in [-0.2, 0) is 21.2 Å². The third-order valence-corrected chi connectivity index (χ3v) is 7.77. The van der Waals surface area contributed by atoms with Crippen molar-refractivity contribution >= 4 is 49.7 Å². The van der Waals surface area contributed by atoms with E-state index in [0.717, 1.165) is 0 Å². The Hall–Kier alpha value is -2.96. The fourth-order valence-corrected chi connectivity index (χ4v) is 5.07. The molecule has 1 aromatic rings. The van der Waals surface area contributed by atoms with E-state index < -0.39 is 61.3 Å². The summed E-state index contributed by atoms with van der Waals surface area (Å²) in [7, 11) is -5.90. The monoisotopic (exact) mass is 638 g/mol. The quantitative estimate of drug-likeness (QED) is 0.0742. The van der Waals surface area contributed by atoms with Crippen LogP contribution < -0.4 is 15.5 Å². The molecule has 0 aliphatic carbocycles. The number of azo groups is 1. The molecule has 1 aliphatic heterocycles. The van der Waals surface area contributed by atoms with Crippen LogP contribution in [0, 0.1) is 0 Å². The van der Waals surface area contributed by atoms with Gasteiger partial charge in [-0.2, -0.15) is 48.6 Å². The molecule has 230 valence electrons. The van der Waals surface area contributed by atoms with Crippen molar-refractivity contribution in [1.82, 2.24) is 0 Å². The molecule has 1 unspecified atom stereocenters. The van der Waals surface area contributed by atoms with Crippen molar-refractivity contribution in [2.45, 2.75) is 76.1 Å². The van der Waals surface area contributed by atoms with E-state index in [1.165, 1.54) is 16.9 Å². The van der Waals surface area contributed by atoms with Crippen LogP contribution in [0.15, 0.2) is 39.1 Å². The smallest absolute Gasteiger partial charge is 0.366 e. The fourth-order valence-electron chi connectivity index (χ4n) is 3.96. The number of nitrogens with two attached hydrogens (primary N) is 1. The Morgan fingerprint density at radius 1 is 1.20 bits per heavy atom. The van der Waals surface area contributed by atoms with E-state index in [1.807, 2.05) is 25.7 Å². The lowest BCUT2D eigenvalue weighted by atomic mass is 9.92. The van der Waals surface area contributed by atoms with Gasteiger partial charge in [-0.15, -0.1) is 10.2 Å². The van der Waals surface area contributed by atoms with E-state index in [-0.39, 0.29) is 23.8 Å². The number of nitrogens with one attached hydrogen (secondary N) is 1. The molecule has 0 saturated heterocycles. The second kappa shape index (κ2) is 12.5. The number of hydrogen-bond donors (Lipinski definition) is 2. The van der Waals surface area contributed by atoms with Crippen LogP contribution in [0.2, 0.25) is 0 Å². The van der Waals surface area contributed by atoms with Gasteiger partial charge in [0.05, 0.1) is 12.1 Å². The number of carbonyl (C=O) groups is 1. The van der Waals surface area contributed by atoms with Gasteiger partial charge in [-0.25, -0.2) is 0 Å². The normalized spacial score (nSPS) is 17.2. The number of ketones is 1. The number of hydrazone groups is 1. The number of aryl methyl sites for hydroxylation is 1. The van der Waals surface area contributed by atoms with Crippen LogP contribution in [-0.4, -0.2) is 48.9 Å². The number of thioether (sulfide) groups is 1. The van der Waals surface area contributed by atoms with Crippen LogP contribution in [0.25, 0.3) is 0 Å². The van der Waals surface area contributed by atoms with Crippen LogP contribution in [0.5, 0.6) is 0 Å². The summed E-state index contributed by atoms with van der Waals surface area (Å²) in [6, 6.07) is 2.40. The van der Waals surface area contributed by atoms with E-state index in [9.17, 15) is 48.3 Å². The van der Waals surface area contributed by atoms with Crippen molar-refractivity contribution in [2.75, 3.05) is 9.62 Å². The SMILES string of the molecule is C=C(N=Nc1cc2c(cc1NS(=O)(=O)C(F)(F)F)N(C(C)C)C(CC)CC2)S/C(=N\N)C(=O)CC(F)(F)C(F)(F)F. The number of fused-ring (bicyclic) bond motifs is 1. The summed E-state index contributed by atoms with van der Waals surface area (Å²) in [4.78, 5) is 13.9. The zero-order valence-corrected chi connectivity index (χ0v) is 23.4. The van der Waals surface area contributed by atoms with Crippen molar-refractivity contribution < 1.29 is 48.3 Å². The number of sulfonamides is 1. The first-order valence-electron chi connectivity index (χ1n) is 11.7. The van der Waals surface area contributed by atoms with Crippen molar-refractivity contribution in [3.05, 3.63) is 29.3 Å². The van der Waals surface area contributed by atoms with E-state index in [1.54, 1.807) is 0 Å². The minimum atomic E-state index is -6.02. The maximum absolute atomic E-state index is 13.3. The van der Waals surface area contributed by atoms with Crippen LogP contribution in [0.1, 0.15) is 45.6 Å². The highest BCUT2D eigenvalue weighted by Gasteiger charge is 2.58. The first-order valence-corrected chi connectivity index (χ1v) is 14.0. The first-order chi connectivity index (χ1) is 18.6. The number of halogens is 8. The van der Waals surface area contributed by atoms with Gasteiger partial charge >= 0.3 is 27.6 Å². The molecule has 1 aromatic carbocycles. The van der Waals surface area contributed by atoms with E-state index >= 15 is 0 Å². The predicted molar refractivity (Wildman–Crippen MR) is 139 cm³/mol. The topological polar surface area (TPSA) is 130 Å². The van der Waals surface area contributed by atoms with Gasteiger partial charge in [0.2, 0.25) is 0 Å². The van der Waals surface area contributed by atoms with Crippen LogP contribution in [0.3, 0.4) is 0 Å². The molecule has 19 heteroatoms. The summed E-state index contributed by atoms with van der Waals surface area (Å²) < 4.78 is 129. The van der Waals surface area contributed by atoms with Crippen molar-refractivity contribution in [3.63, 3.8) is 0 Å². The highest BCUT2D eigenvalue weighted by atomic mass is 32.2. The lowest BCUT2D eigenvalue weighted by Gasteiger charge is -2.42.